The molecular formula is C26H47N7O9. The van der Waals surface area contributed by atoms with Crippen molar-refractivity contribution >= 4 is 41.4 Å². The van der Waals surface area contributed by atoms with Crippen molar-refractivity contribution in [3.8, 4) is 0 Å². The molecule has 0 fully saturated rings. The Hall–Kier alpha value is -3.79. The molecule has 0 saturated carbocycles. The predicted molar refractivity (Wildman–Crippen MR) is 151 cm³/mol. The van der Waals surface area contributed by atoms with Crippen LogP contribution in [0.1, 0.15) is 60.8 Å². The molecule has 42 heavy (non-hydrogen) atoms. The van der Waals surface area contributed by atoms with E-state index in [1.807, 2.05) is 13.8 Å². The zero-order chi connectivity index (χ0) is 32.7. The third-order valence-corrected chi connectivity index (χ3v) is 5.92. The minimum Gasteiger partial charge on any atom is -0.480 e. The second kappa shape index (κ2) is 18.6. The molecule has 11 N–H and O–H groups in total. The van der Waals surface area contributed by atoms with Gasteiger partial charge in [0.25, 0.3) is 0 Å². The van der Waals surface area contributed by atoms with E-state index in [2.05, 4.69) is 26.6 Å². The first-order valence-electron chi connectivity index (χ1n) is 13.7. The highest BCUT2D eigenvalue weighted by atomic mass is 16.4. The first-order chi connectivity index (χ1) is 19.4. The van der Waals surface area contributed by atoms with Gasteiger partial charge in [0.15, 0.2) is 0 Å². The molecule has 0 radical (unpaired) electrons. The highest BCUT2D eigenvalue weighted by Crippen LogP contribution is 2.08. The Labute approximate surface area is 245 Å². The zero-order valence-corrected chi connectivity index (χ0v) is 25.1. The summed E-state index contributed by atoms with van der Waals surface area (Å²) in [7, 11) is 0. The summed E-state index contributed by atoms with van der Waals surface area (Å²) < 4.78 is 0. The molecule has 16 nitrogen and oxygen atoms in total. The Morgan fingerprint density at radius 2 is 1.17 bits per heavy atom. The number of rotatable bonds is 19. The third kappa shape index (κ3) is 14.7. The molecule has 0 aliphatic carbocycles. The molecule has 0 unspecified atom stereocenters. The molecule has 0 rings (SSSR count). The minimum atomic E-state index is -1.60. The number of aliphatic hydroxyl groups excluding tert-OH is 1. The van der Waals surface area contributed by atoms with Crippen molar-refractivity contribution in [2.45, 2.75) is 91.0 Å². The number of carboxylic acid groups (broad SMARTS) is 1. The molecule has 0 aromatic rings. The van der Waals surface area contributed by atoms with Gasteiger partial charge in [-0.05, 0) is 30.6 Å². The smallest absolute Gasteiger partial charge is 0.322 e. The van der Waals surface area contributed by atoms with E-state index < -0.39 is 97.1 Å². The molecule has 240 valence electrons. The molecule has 5 atom stereocenters. The van der Waals surface area contributed by atoms with E-state index in [-0.39, 0.29) is 18.3 Å². The molecule has 16 heteroatoms. The van der Waals surface area contributed by atoms with Crippen molar-refractivity contribution in [3.05, 3.63) is 0 Å². The molecule has 0 bridgehead atoms. The number of hydrogen-bond donors (Lipinski definition) is 9. The van der Waals surface area contributed by atoms with E-state index >= 15 is 0 Å². The van der Waals surface area contributed by atoms with E-state index in [0.717, 1.165) is 0 Å². The van der Waals surface area contributed by atoms with Crippen LogP contribution in [0, 0.1) is 17.8 Å². The van der Waals surface area contributed by atoms with Crippen molar-refractivity contribution in [1.82, 2.24) is 26.6 Å². The summed E-state index contributed by atoms with van der Waals surface area (Å²) >= 11 is 0. The van der Waals surface area contributed by atoms with E-state index in [0.29, 0.717) is 6.42 Å². The second-order valence-corrected chi connectivity index (χ2v) is 11.2. The number of aliphatic hydroxyl groups is 1. The van der Waals surface area contributed by atoms with Gasteiger partial charge in [0.2, 0.25) is 35.4 Å². The Kier molecular flexibility index (Phi) is 16.9. The van der Waals surface area contributed by atoms with Crippen LogP contribution in [0.2, 0.25) is 0 Å². The van der Waals surface area contributed by atoms with Crippen LogP contribution in [-0.4, -0.2) is 95.0 Å². The topological polar surface area (TPSA) is 272 Å². The quantitative estimate of drug-likeness (QED) is 0.0727. The van der Waals surface area contributed by atoms with Crippen LogP contribution in [0.5, 0.6) is 0 Å². The number of carbonyl (C=O) groups excluding carboxylic acids is 6. The third-order valence-electron chi connectivity index (χ3n) is 5.92. The normalized spacial score (nSPS) is 14.7. The average Bonchev–Trinajstić information content (AvgIpc) is 2.86. The van der Waals surface area contributed by atoms with Gasteiger partial charge in [-0.25, -0.2) is 0 Å². The molecule has 0 heterocycles. The van der Waals surface area contributed by atoms with Gasteiger partial charge in [-0.15, -0.1) is 0 Å². The average molecular weight is 602 g/mol. The molecule has 0 aromatic heterocycles. The highest BCUT2D eigenvalue weighted by Gasteiger charge is 2.33. The van der Waals surface area contributed by atoms with Crippen LogP contribution in [0.15, 0.2) is 0 Å². The fraction of sp³-hybridized carbons (Fsp3) is 0.731. The molecule has 0 spiro atoms. The van der Waals surface area contributed by atoms with Crippen molar-refractivity contribution in [3.63, 3.8) is 0 Å². The minimum absolute atomic E-state index is 0.104. The standard InChI is InChI=1S/C26H47N7O9/c1-12(2)7-15(27)22(38)33-21(14(5)6)26(42)32-18(11-34)25(41)31-17(9-19(28)35)24(40)30-16(8-13(3)4)23(39)29-10-20(36)37/h12-18,21,34H,7-11,27H2,1-6H3,(H2,28,35)(H,29,39)(H,30,40)(H,31,41)(H,32,42)(H,33,38)(H,36,37)/t15-,16-,17-,18-,21-/m0/s1. The van der Waals surface area contributed by atoms with E-state index in [1.54, 1.807) is 27.7 Å². The van der Waals surface area contributed by atoms with Crippen molar-refractivity contribution in [2.24, 2.45) is 29.2 Å². The SMILES string of the molecule is CC(C)C[C@H](NC(=O)[C@H](CC(N)=O)NC(=O)[C@H](CO)NC(=O)[C@@H](NC(=O)[C@@H](N)CC(C)C)C(C)C)C(=O)NCC(=O)O. The van der Waals surface area contributed by atoms with Gasteiger partial charge in [-0.2, -0.15) is 0 Å². The molecule has 0 saturated heterocycles. The lowest BCUT2D eigenvalue weighted by Gasteiger charge is -2.27. The van der Waals surface area contributed by atoms with Crippen molar-refractivity contribution < 1.29 is 43.8 Å². The van der Waals surface area contributed by atoms with E-state index in [1.165, 1.54) is 0 Å². The number of carbonyl (C=O) groups is 7. The van der Waals surface area contributed by atoms with Crippen LogP contribution in [0.3, 0.4) is 0 Å². The van der Waals surface area contributed by atoms with Gasteiger partial charge < -0.3 is 48.3 Å². The summed E-state index contributed by atoms with van der Waals surface area (Å²) in [5.74, 6) is -6.87. The molecule has 0 aliphatic heterocycles. The fourth-order valence-corrected chi connectivity index (χ4v) is 3.81. The summed E-state index contributed by atoms with van der Waals surface area (Å²) in [4.78, 5) is 86.4. The number of carboxylic acids is 1. The Morgan fingerprint density at radius 3 is 1.62 bits per heavy atom. The summed E-state index contributed by atoms with van der Waals surface area (Å²) in [6.07, 6.45) is -0.206. The number of hydrogen-bond acceptors (Lipinski definition) is 9. The zero-order valence-electron chi connectivity index (χ0n) is 25.1. The van der Waals surface area contributed by atoms with Crippen molar-refractivity contribution in [1.29, 1.82) is 0 Å². The number of aliphatic carboxylic acids is 1. The van der Waals surface area contributed by atoms with Gasteiger partial charge in [0, 0.05) is 0 Å². The lowest BCUT2D eigenvalue weighted by atomic mass is 10.00. The van der Waals surface area contributed by atoms with Crippen LogP contribution < -0.4 is 38.1 Å². The number of amides is 6. The van der Waals surface area contributed by atoms with E-state index in [9.17, 15) is 38.7 Å². The summed E-state index contributed by atoms with van der Waals surface area (Å²) in [5.41, 5.74) is 11.1. The number of nitrogens with two attached hydrogens (primary N) is 2. The molecule has 6 amide bonds. The van der Waals surface area contributed by atoms with E-state index in [4.69, 9.17) is 16.6 Å². The number of primary amides is 1. The lowest BCUT2D eigenvalue weighted by molar-refractivity contribution is -0.139. The molecular weight excluding hydrogens is 554 g/mol. The molecule has 0 aromatic carbocycles. The Balaban J connectivity index is 5.68. The molecule has 0 aliphatic rings. The van der Waals surface area contributed by atoms with Crippen LogP contribution in [0.25, 0.3) is 0 Å². The van der Waals surface area contributed by atoms with Crippen LogP contribution in [-0.2, 0) is 33.6 Å². The Morgan fingerprint density at radius 1 is 0.667 bits per heavy atom. The van der Waals surface area contributed by atoms with Crippen molar-refractivity contribution in [2.75, 3.05) is 13.2 Å². The van der Waals surface area contributed by atoms with Gasteiger partial charge in [-0.1, -0.05) is 41.5 Å². The van der Waals surface area contributed by atoms with Gasteiger partial charge >= 0.3 is 5.97 Å². The van der Waals surface area contributed by atoms with Gasteiger partial charge in [-0.3, -0.25) is 33.6 Å². The highest BCUT2D eigenvalue weighted by molar-refractivity contribution is 5.97. The second-order valence-electron chi connectivity index (χ2n) is 11.2. The first-order valence-corrected chi connectivity index (χ1v) is 13.7. The summed E-state index contributed by atoms with van der Waals surface area (Å²) in [6.45, 7) is 8.99. The number of nitrogens with one attached hydrogen (secondary N) is 5. The monoisotopic (exact) mass is 601 g/mol. The van der Waals surface area contributed by atoms with Gasteiger partial charge in [0.05, 0.1) is 19.1 Å². The first kappa shape index (κ1) is 38.2. The maximum Gasteiger partial charge on any atom is 0.322 e. The summed E-state index contributed by atoms with van der Waals surface area (Å²) in [5, 5.41) is 30.3. The van der Waals surface area contributed by atoms with Gasteiger partial charge in [0.1, 0.15) is 30.7 Å². The maximum absolute atomic E-state index is 13.0. The maximum atomic E-state index is 13.0. The lowest BCUT2D eigenvalue weighted by Crippen LogP contribution is -2.60. The Bertz CT molecular complexity index is 972. The predicted octanol–water partition coefficient (Wildman–Crippen LogP) is -2.93. The largest absolute Gasteiger partial charge is 0.480 e. The fourth-order valence-electron chi connectivity index (χ4n) is 3.81. The summed E-state index contributed by atoms with van der Waals surface area (Å²) in [6, 6.07) is -6.36. The van der Waals surface area contributed by atoms with Crippen LogP contribution in [0.4, 0.5) is 0 Å². The van der Waals surface area contributed by atoms with Crippen LogP contribution >= 0.6 is 0 Å².